The summed E-state index contributed by atoms with van der Waals surface area (Å²) in [6, 6.07) is 19.0. The van der Waals surface area contributed by atoms with E-state index in [2.05, 4.69) is 53.5 Å². The van der Waals surface area contributed by atoms with Crippen molar-refractivity contribution in [1.82, 2.24) is 0 Å². The second-order valence-corrected chi connectivity index (χ2v) is 3.71. The van der Waals surface area contributed by atoms with Gasteiger partial charge in [0.05, 0.1) is 12.3 Å². The van der Waals surface area contributed by atoms with Crippen LogP contribution in [0.5, 0.6) is 0 Å². The Balaban J connectivity index is 1.96. The Kier molecular flexibility index (Phi) is 1.88. The molecule has 0 unspecified atom stereocenters. The first-order valence-corrected chi connectivity index (χ1v) is 5.13. The number of benzene rings is 2. The first-order chi connectivity index (χ1) is 7.43. The van der Waals surface area contributed by atoms with Crippen LogP contribution < -0.4 is 0 Å². The van der Waals surface area contributed by atoms with Crippen molar-refractivity contribution in [2.24, 2.45) is 4.99 Å². The highest BCUT2D eigenvalue weighted by molar-refractivity contribution is 6.10. The lowest BCUT2D eigenvalue weighted by Gasteiger charge is -2.01. The van der Waals surface area contributed by atoms with Crippen molar-refractivity contribution in [3.63, 3.8) is 0 Å². The van der Waals surface area contributed by atoms with Gasteiger partial charge >= 0.3 is 0 Å². The summed E-state index contributed by atoms with van der Waals surface area (Å²) in [5.41, 5.74) is 5.02. The Morgan fingerprint density at radius 1 is 0.667 bits per heavy atom. The zero-order valence-electron chi connectivity index (χ0n) is 8.35. The number of nitrogens with zero attached hydrogens (tertiary/aromatic N) is 1. The van der Waals surface area contributed by atoms with Gasteiger partial charge in [0.1, 0.15) is 0 Å². The second-order valence-electron chi connectivity index (χ2n) is 3.71. The van der Waals surface area contributed by atoms with Crippen LogP contribution in [0.25, 0.3) is 11.1 Å². The van der Waals surface area contributed by atoms with Crippen LogP contribution in [-0.4, -0.2) is 12.3 Å². The maximum Gasteiger partial charge on any atom is 0.0817 e. The Morgan fingerprint density at radius 2 is 1.20 bits per heavy atom. The topological polar surface area (TPSA) is 12.4 Å². The van der Waals surface area contributed by atoms with Crippen molar-refractivity contribution in [2.45, 2.75) is 0 Å². The van der Waals surface area contributed by atoms with E-state index in [0.717, 1.165) is 6.54 Å². The average molecular weight is 193 g/mol. The molecule has 0 N–H and O–H groups in total. The number of rotatable bonds is 2. The van der Waals surface area contributed by atoms with Crippen LogP contribution in [-0.2, 0) is 0 Å². The van der Waals surface area contributed by atoms with Crippen molar-refractivity contribution >= 4 is 5.71 Å². The largest absolute Gasteiger partial charge is 0.281 e. The van der Waals surface area contributed by atoms with Crippen molar-refractivity contribution < 1.29 is 0 Å². The van der Waals surface area contributed by atoms with Gasteiger partial charge < -0.3 is 0 Å². The first kappa shape index (κ1) is 8.42. The molecule has 1 heterocycles. The van der Waals surface area contributed by atoms with Gasteiger partial charge in [-0.05, 0) is 16.7 Å². The summed E-state index contributed by atoms with van der Waals surface area (Å²) in [6.07, 6.45) is 0. The van der Waals surface area contributed by atoms with E-state index in [0.29, 0.717) is 0 Å². The molecule has 0 saturated carbocycles. The van der Waals surface area contributed by atoms with Gasteiger partial charge in [-0.25, -0.2) is 0 Å². The van der Waals surface area contributed by atoms with Crippen molar-refractivity contribution in [2.75, 3.05) is 6.54 Å². The van der Waals surface area contributed by atoms with Gasteiger partial charge in [-0.3, -0.25) is 4.99 Å². The molecule has 0 aliphatic carbocycles. The molecule has 1 nitrogen and oxygen atoms in total. The van der Waals surface area contributed by atoms with Gasteiger partial charge in [0.25, 0.3) is 0 Å². The van der Waals surface area contributed by atoms with E-state index in [1.807, 2.05) is 6.07 Å². The second kappa shape index (κ2) is 3.35. The van der Waals surface area contributed by atoms with Crippen LogP contribution in [0.4, 0.5) is 0 Å². The minimum absolute atomic E-state index is 0.921. The molecule has 0 aromatic heterocycles. The van der Waals surface area contributed by atoms with Crippen LogP contribution in [0.15, 0.2) is 59.6 Å². The molecule has 1 aliphatic heterocycles. The molecule has 2 aromatic carbocycles. The summed E-state index contributed by atoms with van der Waals surface area (Å²) in [5, 5.41) is 0. The monoisotopic (exact) mass is 193 g/mol. The summed E-state index contributed by atoms with van der Waals surface area (Å²) in [7, 11) is 0. The third-order valence-corrected chi connectivity index (χ3v) is 2.64. The third-order valence-electron chi connectivity index (χ3n) is 2.64. The summed E-state index contributed by atoms with van der Waals surface area (Å²) < 4.78 is 0. The van der Waals surface area contributed by atoms with Gasteiger partial charge in [0, 0.05) is 0 Å². The van der Waals surface area contributed by atoms with Crippen LogP contribution in [0.3, 0.4) is 0 Å². The predicted molar refractivity (Wildman–Crippen MR) is 63.3 cm³/mol. The smallest absolute Gasteiger partial charge is 0.0817 e. The molecule has 1 heteroatoms. The zero-order valence-corrected chi connectivity index (χ0v) is 8.35. The van der Waals surface area contributed by atoms with E-state index < -0.39 is 0 Å². The zero-order chi connectivity index (χ0) is 10.1. The predicted octanol–water partition coefficient (Wildman–Crippen LogP) is 3.16. The Hall–Kier alpha value is -1.89. The third kappa shape index (κ3) is 1.68. The Bertz CT molecular complexity index is 495. The van der Waals surface area contributed by atoms with Gasteiger partial charge in [-0.1, -0.05) is 54.6 Å². The van der Waals surface area contributed by atoms with E-state index in [-0.39, 0.29) is 0 Å². The first-order valence-electron chi connectivity index (χ1n) is 5.13. The molecule has 15 heavy (non-hydrogen) atoms. The minimum atomic E-state index is 0.921. The molecule has 0 bridgehead atoms. The van der Waals surface area contributed by atoms with E-state index in [9.17, 15) is 0 Å². The quantitative estimate of drug-likeness (QED) is 0.694. The fourth-order valence-electron chi connectivity index (χ4n) is 1.71. The molecule has 0 fully saturated rings. The van der Waals surface area contributed by atoms with Crippen molar-refractivity contribution in [3.05, 3.63) is 60.2 Å². The van der Waals surface area contributed by atoms with Crippen molar-refractivity contribution in [3.8, 4) is 11.1 Å². The molecule has 2 aromatic rings. The highest BCUT2D eigenvalue weighted by atomic mass is 14.9. The normalized spacial score (nSPS) is 13.5. The van der Waals surface area contributed by atoms with Crippen LogP contribution >= 0.6 is 0 Å². The Labute approximate surface area is 89.1 Å². The summed E-state index contributed by atoms with van der Waals surface area (Å²) in [6.45, 7) is 0.921. The summed E-state index contributed by atoms with van der Waals surface area (Å²) in [5.74, 6) is 0. The molecule has 72 valence electrons. The van der Waals surface area contributed by atoms with Crippen LogP contribution in [0.1, 0.15) is 5.56 Å². The lowest BCUT2D eigenvalue weighted by atomic mass is 10.0. The maximum atomic E-state index is 4.19. The van der Waals surface area contributed by atoms with Crippen LogP contribution in [0, 0.1) is 0 Å². The molecule has 0 radical (unpaired) electrons. The van der Waals surface area contributed by atoms with E-state index >= 15 is 0 Å². The Morgan fingerprint density at radius 3 is 1.80 bits per heavy atom. The highest BCUT2D eigenvalue weighted by Crippen LogP contribution is 2.20. The van der Waals surface area contributed by atoms with E-state index in [1.54, 1.807) is 0 Å². The highest BCUT2D eigenvalue weighted by Gasteiger charge is 2.11. The van der Waals surface area contributed by atoms with Gasteiger partial charge in [0.2, 0.25) is 0 Å². The molecule has 0 amide bonds. The fourth-order valence-corrected chi connectivity index (χ4v) is 1.71. The fraction of sp³-hybridized carbons (Fsp3) is 0.0714. The SMILES string of the molecule is c1ccc(-c2ccc(C3=NC3)cc2)cc1. The van der Waals surface area contributed by atoms with Gasteiger partial charge in [-0.2, -0.15) is 0 Å². The summed E-state index contributed by atoms with van der Waals surface area (Å²) >= 11 is 0. The van der Waals surface area contributed by atoms with Gasteiger partial charge in [-0.15, -0.1) is 0 Å². The molecule has 0 spiro atoms. The maximum absolute atomic E-state index is 4.19. The molecular formula is C14H11N. The molecule has 0 saturated heterocycles. The van der Waals surface area contributed by atoms with E-state index in [1.165, 1.54) is 22.4 Å². The van der Waals surface area contributed by atoms with E-state index in [4.69, 9.17) is 0 Å². The molecular weight excluding hydrogens is 182 g/mol. The van der Waals surface area contributed by atoms with Gasteiger partial charge in [0.15, 0.2) is 0 Å². The number of aliphatic imine (C=N–C) groups is 1. The molecule has 0 atom stereocenters. The molecule has 3 rings (SSSR count). The summed E-state index contributed by atoms with van der Waals surface area (Å²) in [4.78, 5) is 4.19. The minimum Gasteiger partial charge on any atom is -0.281 e. The number of hydrogen-bond donors (Lipinski definition) is 0. The standard InChI is InChI=1S/C14H11N/c1-2-4-11(5-3-1)12-6-8-13(9-7-12)14-10-15-14/h1-9H,10H2. The van der Waals surface area contributed by atoms with Crippen LogP contribution in [0.2, 0.25) is 0 Å². The van der Waals surface area contributed by atoms with Crippen molar-refractivity contribution in [1.29, 1.82) is 0 Å². The number of hydrogen-bond acceptors (Lipinski definition) is 1. The average Bonchev–Trinajstić information content (AvgIpc) is 3.15. The molecule has 1 aliphatic rings. The lowest BCUT2D eigenvalue weighted by Crippen LogP contribution is -1.86. The lowest BCUT2D eigenvalue weighted by molar-refractivity contribution is 1.57.